The lowest BCUT2D eigenvalue weighted by atomic mass is 10.1. The molecule has 23 heavy (non-hydrogen) atoms. The number of para-hydroxylation sites is 1. The fraction of sp³-hybridized carbons (Fsp3) is 0.421. The first-order valence-electron chi connectivity index (χ1n) is 8.29. The minimum absolute atomic E-state index is 0.104. The van der Waals surface area contributed by atoms with Crippen LogP contribution in [0.1, 0.15) is 40.2 Å². The van der Waals surface area contributed by atoms with Crippen LogP contribution in [0.5, 0.6) is 0 Å². The van der Waals surface area contributed by atoms with Crippen LogP contribution in [0.4, 0.5) is 0 Å². The van der Waals surface area contributed by atoms with Gasteiger partial charge in [0, 0.05) is 36.2 Å². The van der Waals surface area contributed by atoms with Gasteiger partial charge in [-0.1, -0.05) is 18.2 Å². The van der Waals surface area contributed by atoms with Gasteiger partial charge in [-0.05, 0) is 51.3 Å². The molecule has 3 rings (SSSR count). The molecule has 1 aliphatic heterocycles. The van der Waals surface area contributed by atoms with E-state index in [2.05, 4.69) is 30.5 Å². The maximum atomic E-state index is 12.9. The van der Waals surface area contributed by atoms with Gasteiger partial charge in [0.1, 0.15) is 0 Å². The Morgan fingerprint density at radius 2 is 1.96 bits per heavy atom. The maximum Gasteiger partial charge on any atom is 0.255 e. The van der Waals surface area contributed by atoms with Gasteiger partial charge in [-0.2, -0.15) is 0 Å². The van der Waals surface area contributed by atoms with Crippen LogP contribution >= 0.6 is 0 Å². The molecule has 0 radical (unpaired) electrons. The molecule has 1 aromatic heterocycles. The summed E-state index contributed by atoms with van der Waals surface area (Å²) < 4.78 is 2.17. The number of amides is 1. The number of hydrogen-bond acceptors (Lipinski definition) is 2. The molecule has 1 atom stereocenters. The van der Waals surface area contributed by atoms with Crippen LogP contribution in [0.3, 0.4) is 0 Å². The molecule has 1 aliphatic rings. The van der Waals surface area contributed by atoms with Crippen molar-refractivity contribution in [2.75, 3.05) is 13.1 Å². The summed E-state index contributed by atoms with van der Waals surface area (Å²) in [4.78, 5) is 14.8. The molecule has 1 unspecified atom stereocenters. The van der Waals surface area contributed by atoms with Crippen molar-refractivity contribution in [3.05, 3.63) is 52.8 Å². The van der Waals surface area contributed by atoms with Crippen molar-refractivity contribution in [1.29, 1.82) is 0 Å². The quantitative estimate of drug-likeness (QED) is 0.927. The zero-order valence-electron chi connectivity index (χ0n) is 14.2. The first kappa shape index (κ1) is 15.8. The van der Waals surface area contributed by atoms with Gasteiger partial charge in [0.25, 0.3) is 5.91 Å². The van der Waals surface area contributed by atoms with Gasteiger partial charge in [-0.15, -0.1) is 0 Å². The highest BCUT2D eigenvalue weighted by molar-refractivity contribution is 5.96. The average molecular weight is 311 g/mol. The smallest absolute Gasteiger partial charge is 0.255 e. The zero-order valence-corrected chi connectivity index (χ0v) is 14.2. The second-order valence-corrected chi connectivity index (χ2v) is 6.56. The molecule has 1 fully saturated rings. The van der Waals surface area contributed by atoms with Crippen molar-refractivity contribution < 1.29 is 4.79 Å². The van der Waals surface area contributed by atoms with Crippen molar-refractivity contribution in [3.63, 3.8) is 0 Å². The molecule has 1 amide bonds. The van der Waals surface area contributed by atoms with E-state index in [0.717, 1.165) is 42.0 Å². The summed E-state index contributed by atoms with van der Waals surface area (Å²) in [5.74, 6) is 0.105. The van der Waals surface area contributed by atoms with Gasteiger partial charge in [-0.25, -0.2) is 0 Å². The summed E-state index contributed by atoms with van der Waals surface area (Å²) in [6.45, 7) is 7.64. The van der Waals surface area contributed by atoms with Crippen molar-refractivity contribution in [2.24, 2.45) is 5.73 Å². The molecular weight excluding hydrogens is 286 g/mol. The van der Waals surface area contributed by atoms with E-state index >= 15 is 0 Å². The van der Waals surface area contributed by atoms with Gasteiger partial charge in [0.05, 0.1) is 5.56 Å². The number of likely N-dealkylation sites (tertiary alicyclic amines) is 1. The van der Waals surface area contributed by atoms with E-state index in [0.29, 0.717) is 6.54 Å². The topological polar surface area (TPSA) is 51.3 Å². The molecule has 0 saturated carbocycles. The molecule has 2 N–H and O–H groups in total. The average Bonchev–Trinajstić information content (AvgIpc) is 2.82. The van der Waals surface area contributed by atoms with Gasteiger partial charge >= 0.3 is 0 Å². The highest BCUT2D eigenvalue weighted by Gasteiger charge is 2.25. The van der Waals surface area contributed by atoms with Crippen molar-refractivity contribution in [1.82, 2.24) is 9.47 Å². The summed E-state index contributed by atoms with van der Waals surface area (Å²) in [6.07, 6.45) is 2.00. The van der Waals surface area contributed by atoms with E-state index in [-0.39, 0.29) is 11.9 Å². The van der Waals surface area contributed by atoms with E-state index in [1.165, 1.54) is 5.56 Å². The molecule has 4 heteroatoms. The van der Waals surface area contributed by atoms with Crippen LogP contribution in [-0.4, -0.2) is 34.5 Å². The number of aromatic nitrogens is 1. The van der Waals surface area contributed by atoms with E-state index in [9.17, 15) is 4.79 Å². The molecule has 1 saturated heterocycles. The number of rotatable bonds is 2. The third-order valence-corrected chi connectivity index (χ3v) is 4.76. The third-order valence-electron chi connectivity index (χ3n) is 4.76. The van der Waals surface area contributed by atoms with Crippen molar-refractivity contribution in [3.8, 4) is 5.69 Å². The summed E-state index contributed by atoms with van der Waals surface area (Å²) in [5.41, 5.74) is 11.2. The number of nitrogens with zero attached hydrogens (tertiary/aromatic N) is 2. The molecule has 0 bridgehead atoms. The maximum absolute atomic E-state index is 12.9. The highest BCUT2D eigenvalue weighted by Crippen LogP contribution is 2.25. The lowest BCUT2D eigenvalue weighted by molar-refractivity contribution is 0.0708. The predicted octanol–water partition coefficient (Wildman–Crippen LogP) is 2.97. The molecule has 122 valence electrons. The number of nitrogens with two attached hydrogens (primary N) is 1. The lowest BCUT2D eigenvalue weighted by Crippen LogP contribution is -2.45. The normalized spacial score (nSPS) is 18.3. The molecule has 0 spiro atoms. The molecule has 4 nitrogen and oxygen atoms in total. The van der Waals surface area contributed by atoms with E-state index in [1.807, 2.05) is 30.0 Å². The van der Waals surface area contributed by atoms with Gasteiger partial charge in [-0.3, -0.25) is 4.79 Å². The Labute approximate surface area is 137 Å². The molecule has 2 aromatic rings. The molecule has 1 aromatic carbocycles. The highest BCUT2D eigenvalue weighted by atomic mass is 16.2. The zero-order chi connectivity index (χ0) is 16.6. The minimum atomic E-state index is 0.104. The van der Waals surface area contributed by atoms with Gasteiger partial charge < -0.3 is 15.2 Å². The molecular formula is C19H25N3O. The van der Waals surface area contributed by atoms with E-state index in [1.54, 1.807) is 0 Å². The lowest BCUT2D eigenvalue weighted by Gasteiger charge is -2.30. The van der Waals surface area contributed by atoms with Gasteiger partial charge in [0.15, 0.2) is 0 Å². The fourth-order valence-electron chi connectivity index (χ4n) is 3.53. The Bertz CT molecular complexity index is 732. The van der Waals surface area contributed by atoms with E-state index < -0.39 is 0 Å². The molecule has 0 aliphatic carbocycles. The van der Waals surface area contributed by atoms with Crippen LogP contribution in [-0.2, 0) is 0 Å². The summed E-state index contributed by atoms with van der Waals surface area (Å²) in [7, 11) is 0. The number of hydrogen-bond donors (Lipinski definition) is 1. The van der Waals surface area contributed by atoms with Crippen LogP contribution in [0.25, 0.3) is 5.69 Å². The third kappa shape index (κ3) is 2.91. The van der Waals surface area contributed by atoms with Gasteiger partial charge in [0.2, 0.25) is 0 Å². The number of benzene rings is 1. The summed E-state index contributed by atoms with van der Waals surface area (Å²) >= 11 is 0. The predicted molar refractivity (Wildman–Crippen MR) is 93.1 cm³/mol. The standard InChI is InChI=1S/C19H25N3O/c1-13-7-4-5-9-18(13)22-14(2)11-17(15(22)3)19(23)21-10-6-8-16(20)12-21/h4-5,7,9,11,16H,6,8,10,12,20H2,1-3H3. The fourth-order valence-corrected chi connectivity index (χ4v) is 3.53. The van der Waals surface area contributed by atoms with Crippen LogP contribution in [0.2, 0.25) is 0 Å². The summed E-state index contributed by atoms with van der Waals surface area (Å²) in [5, 5.41) is 0. The number of carbonyl (C=O) groups excluding carboxylic acids is 1. The number of piperidine rings is 1. The Kier molecular flexibility index (Phi) is 4.26. The first-order valence-corrected chi connectivity index (χ1v) is 8.29. The Balaban J connectivity index is 1.98. The second-order valence-electron chi connectivity index (χ2n) is 6.56. The SMILES string of the molecule is Cc1ccccc1-n1c(C)cc(C(=O)N2CCCC(N)C2)c1C. The Morgan fingerprint density at radius 3 is 2.65 bits per heavy atom. The molecule has 2 heterocycles. The number of carbonyl (C=O) groups is 1. The Morgan fingerprint density at radius 1 is 1.22 bits per heavy atom. The summed E-state index contributed by atoms with van der Waals surface area (Å²) in [6, 6.07) is 10.4. The largest absolute Gasteiger partial charge is 0.337 e. The van der Waals surface area contributed by atoms with Crippen LogP contribution < -0.4 is 5.73 Å². The Hall–Kier alpha value is -2.07. The first-order chi connectivity index (χ1) is 11.0. The van der Waals surface area contributed by atoms with E-state index in [4.69, 9.17) is 5.73 Å². The van der Waals surface area contributed by atoms with Crippen molar-refractivity contribution >= 4 is 5.91 Å². The number of aryl methyl sites for hydroxylation is 2. The van der Waals surface area contributed by atoms with Crippen LogP contribution in [0, 0.1) is 20.8 Å². The second kappa shape index (κ2) is 6.20. The van der Waals surface area contributed by atoms with Crippen molar-refractivity contribution in [2.45, 2.75) is 39.7 Å². The monoisotopic (exact) mass is 311 g/mol. The minimum Gasteiger partial charge on any atom is -0.337 e. The van der Waals surface area contributed by atoms with Crippen LogP contribution in [0.15, 0.2) is 30.3 Å².